The third-order valence-corrected chi connectivity index (χ3v) is 6.28. The number of ether oxygens (including phenoxy) is 1. The minimum absolute atomic E-state index is 0.172. The highest BCUT2D eigenvalue weighted by molar-refractivity contribution is 5.83. The van der Waals surface area contributed by atoms with Crippen molar-refractivity contribution in [3.63, 3.8) is 0 Å². The molecule has 0 aliphatic heterocycles. The topological polar surface area (TPSA) is 75.6 Å². The van der Waals surface area contributed by atoms with E-state index in [0.717, 1.165) is 18.4 Å². The van der Waals surface area contributed by atoms with Crippen molar-refractivity contribution < 1.29 is 19.4 Å². The molecule has 1 aromatic rings. The Hall–Kier alpha value is -2.04. The summed E-state index contributed by atoms with van der Waals surface area (Å²) in [6, 6.07) is 5.92. The number of hydrogen-bond donors (Lipinski definition) is 2. The summed E-state index contributed by atoms with van der Waals surface area (Å²) >= 11 is 0. The van der Waals surface area contributed by atoms with Gasteiger partial charge in [-0.1, -0.05) is 115 Å². The number of carbonyl (C=O) groups is 2. The molecule has 194 valence electrons. The Morgan fingerprint density at radius 2 is 1.21 bits per heavy atom. The Morgan fingerprint density at radius 3 is 1.65 bits per heavy atom. The van der Waals surface area contributed by atoms with Gasteiger partial charge in [-0.3, -0.25) is 4.79 Å². The van der Waals surface area contributed by atoms with E-state index in [1.807, 2.05) is 0 Å². The van der Waals surface area contributed by atoms with E-state index in [-0.39, 0.29) is 11.7 Å². The van der Waals surface area contributed by atoms with Crippen LogP contribution in [0.1, 0.15) is 122 Å². The molecule has 0 aromatic heterocycles. The van der Waals surface area contributed by atoms with Gasteiger partial charge in [0.25, 0.3) is 0 Å². The van der Waals surface area contributed by atoms with Crippen molar-refractivity contribution in [3.05, 3.63) is 29.8 Å². The zero-order valence-electron chi connectivity index (χ0n) is 21.8. The number of hydrogen-bond acceptors (Lipinski definition) is 4. The molecule has 0 aliphatic carbocycles. The minimum Gasteiger partial charge on any atom is -0.508 e. The summed E-state index contributed by atoms with van der Waals surface area (Å²) in [5.41, 5.74) is 0.857. The van der Waals surface area contributed by atoms with Crippen LogP contribution >= 0.6 is 0 Å². The SMILES string of the molecule is CCCCCCCCCCCCCCCCCCOC(=O)[C@H](Cc1ccc(O)cc1)NC(C)=O. The number of aromatic hydroxyl groups is 1. The van der Waals surface area contributed by atoms with Gasteiger partial charge >= 0.3 is 5.97 Å². The van der Waals surface area contributed by atoms with Gasteiger partial charge in [0, 0.05) is 13.3 Å². The van der Waals surface area contributed by atoms with Crippen LogP contribution in [0, 0.1) is 0 Å². The lowest BCUT2D eigenvalue weighted by Gasteiger charge is -2.17. The van der Waals surface area contributed by atoms with E-state index in [1.165, 1.54) is 96.8 Å². The van der Waals surface area contributed by atoms with Crippen LogP contribution in [-0.4, -0.2) is 29.6 Å². The van der Waals surface area contributed by atoms with Gasteiger partial charge in [0.15, 0.2) is 0 Å². The van der Waals surface area contributed by atoms with E-state index >= 15 is 0 Å². The molecule has 0 fully saturated rings. The second-order valence-electron chi connectivity index (χ2n) is 9.59. The summed E-state index contributed by atoms with van der Waals surface area (Å²) in [7, 11) is 0. The Bertz CT molecular complexity index is 644. The molecule has 0 saturated carbocycles. The monoisotopic (exact) mass is 475 g/mol. The summed E-state index contributed by atoms with van der Waals surface area (Å²) in [6.07, 6.45) is 21.3. The lowest BCUT2D eigenvalue weighted by Crippen LogP contribution is -2.42. The molecule has 5 nitrogen and oxygen atoms in total. The van der Waals surface area contributed by atoms with Gasteiger partial charge in [0.2, 0.25) is 5.91 Å². The molecule has 34 heavy (non-hydrogen) atoms. The highest BCUT2D eigenvalue weighted by Crippen LogP contribution is 2.14. The van der Waals surface area contributed by atoms with Gasteiger partial charge in [0.1, 0.15) is 11.8 Å². The molecule has 5 heteroatoms. The molecular weight excluding hydrogens is 426 g/mol. The van der Waals surface area contributed by atoms with Crippen molar-refractivity contribution in [2.75, 3.05) is 6.61 Å². The Balaban J connectivity index is 2.00. The van der Waals surface area contributed by atoms with Crippen molar-refractivity contribution in [2.45, 2.75) is 129 Å². The second-order valence-corrected chi connectivity index (χ2v) is 9.59. The first-order valence-corrected chi connectivity index (χ1v) is 13.7. The molecule has 1 atom stereocenters. The molecule has 0 aliphatic rings. The van der Waals surface area contributed by atoms with Crippen LogP contribution in [0.3, 0.4) is 0 Å². The summed E-state index contributed by atoms with van der Waals surface area (Å²) < 4.78 is 5.42. The number of amides is 1. The standard InChI is InChI=1S/C29H49NO4/c1-3-4-5-6-7-8-9-10-11-12-13-14-15-16-17-18-23-34-29(33)28(30-25(2)31)24-26-19-21-27(32)22-20-26/h19-22,28,32H,3-18,23-24H2,1-2H3,(H,30,31)/t28-/m0/s1. The van der Waals surface area contributed by atoms with E-state index in [1.54, 1.807) is 24.3 Å². The maximum absolute atomic E-state index is 12.4. The Morgan fingerprint density at radius 1 is 0.765 bits per heavy atom. The number of benzene rings is 1. The van der Waals surface area contributed by atoms with Gasteiger partial charge in [-0.05, 0) is 24.1 Å². The van der Waals surface area contributed by atoms with Gasteiger partial charge < -0.3 is 15.2 Å². The molecule has 0 heterocycles. The van der Waals surface area contributed by atoms with E-state index in [4.69, 9.17) is 4.74 Å². The third kappa shape index (κ3) is 16.6. The fraction of sp³-hybridized carbons (Fsp3) is 0.724. The first-order chi connectivity index (χ1) is 16.5. The average molecular weight is 476 g/mol. The quantitative estimate of drug-likeness (QED) is 0.145. The predicted octanol–water partition coefficient (Wildman–Crippen LogP) is 7.24. The van der Waals surface area contributed by atoms with Crippen LogP contribution in [0.2, 0.25) is 0 Å². The van der Waals surface area contributed by atoms with E-state index in [0.29, 0.717) is 13.0 Å². The maximum atomic E-state index is 12.4. The van der Waals surface area contributed by atoms with Crippen molar-refractivity contribution in [3.8, 4) is 5.75 Å². The van der Waals surface area contributed by atoms with Gasteiger partial charge in [-0.2, -0.15) is 0 Å². The molecule has 1 amide bonds. The number of rotatable bonds is 21. The zero-order valence-corrected chi connectivity index (χ0v) is 21.8. The fourth-order valence-corrected chi connectivity index (χ4v) is 4.23. The molecule has 0 bridgehead atoms. The lowest BCUT2D eigenvalue weighted by molar-refractivity contribution is -0.147. The molecular formula is C29H49NO4. The predicted molar refractivity (Wildman–Crippen MR) is 140 cm³/mol. The highest BCUT2D eigenvalue weighted by atomic mass is 16.5. The smallest absolute Gasteiger partial charge is 0.328 e. The molecule has 0 unspecified atom stereocenters. The third-order valence-electron chi connectivity index (χ3n) is 6.28. The molecule has 2 N–H and O–H groups in total. The van der Waals surface area contributed by atoms with Crippen molar-refractivity contribution in [1.29, 1.82) is 0 Å². The second kappa shape index (κ2) is 20.3. The maximum Gasteiger partial charge on any atom is 0.328 e. The average Bonchev–Trinajstić information content (AvgIpc) is 2.81. The van der Waals surface area contributed by atoms with Crippen molar-refractivity contribution in [2.24, 2.45) is 0 Å². The van der Waals surface area contributed by atoms with E-state index < -0.39 is 12.0 Å². The summed E-state index contributed by atoms with van der Waals surface area (Å²) in [6.45, 7) is 4.06. The van der Waals surface area contributed by atoms with E-state index in [2.05, 4.69) is 12.2 Å². The molecule has 0 radical (unpaired) electrons. The minimum atomic E-state index is -0.705. The van der Waals surface area contributed by atoms with E-state index in [9.17, 15) is 14.7 Å². The normalized spacial score (nSPS) is 11.8. The number of esters is 1. The van der Waals surface area contributed by atoms with Crippen molar-refractivity contribution in [1.82, 2.24) is 5.32 Å². The Labute approximate surface area is 208 Å². The van der Waals surface area contributed by atoms with Crippen LogP contribution in [0.15, 0.2) is 24.3 Å². The largest absolute Gasteiger partial charge is 0.508 e. The summed E-state index contributed by atoms with van der Waals surface area (Å²) in [5, 5.41) is 12.1. The number of phenols is 1. The highest BCUT2D eigenvalue weighted by Gasteiger charge is 2.21. The van der Waals surface area contributed by atoms with Crippen molar-refractivity contribution >= 4 is 11.9 Å². The van der Waals surface area contributed by atoms with Gasteiger partial charge in [-0.15, -0.1) is 0 Å². The first kappa shape index (κ1) is 30.0. The van der Waals surface area contributed by atoms with Crippen LogP contribution < -0.4 is 5.32 Å². The number of nitrogens with one attached hydrogen (secondary N) is 1. The van der Waals surface area contributed by atoms with Crippen LogP contribution in [0.5, 0.6) is 5.75 Å². The number of carbonyl (C=O) groups excluding carboxylic acids is 2. The summed E-state index contributed by atoms with van der Waals surface area (Å²) in [4.78, 5) is 23.9. The molecule has 0 spiro atoms. The fourth-order valence-electron chi connectivity index (χ4n) is 4.23. The number of phenolic OH excluding ortho intramolecular Hbond substituents is 1. The number of unbranched alkanes of at least 4 members (excludes halogenated alkanes) is 15. The van der Waals surface area contributed by atoms with Crippen LogP contribution in [0.25, 0.3) is 0 Å². The first-order valence-electron chi connectivity index (χ1n) is 13.7. The van der Waals surface area contributed by atoms with Gasteiger partial charge in [-0.25, -0.2) is 4.79 Å². The summed E-state index contributed by atoms with van der Waals surface area (Å²) in [5.74, 6) is -0.488. The molecule has 0 saturated heterocycles. The van der Waals surface area contributed by atoms with Gasteiger partial charge in [0.05, 0.1) is 6.61 Å². The Kier molecular flexibility index (Phi) is 17.9. The zero-order chi connectivity index (χ0) is 24.9. The van der Waals surface area contributed by atoms with Crippen LogP contribution in [0.4, 0.5) is 0 Å². The van der Waals surface area contributed by atoms with Crippen LogP contribution in [-0.2, 0) is 20.7 Å². The lowest BCUT2D eigenvalue weighted by atomic mass is 10.0. The molecule has 1 aromatic carbocycles. The molecule has 1 rings (SSSR count).